The van der Waals surface area contributed by atoms with E-state index in [1.807, 2.05) is 13.8 Å². The van der Waals surface area contributed by atoms with E-state index in [9.17, 15) is 13.2 Å². The molecule has 122 valence electrons. The Morgan fingerprint density at radius 1 is 1.09 bits per heavy atom. The molecule has 0 saturated heterocycles. The Balaban J connectivity index is 2.19. The number of amides is 1. The largest absolute Gasteiger partial charge is 0.350 e. The van der Waals surface area contributed by atoms with Crippen molar-refractivity contribution in [1.29, 1.82) is 0 Å². The summed E-state index contributed by atoms with van der Waals surface area (Å²) in [6.07, 6.45) is 0.825. The standard InChI is InChI=1S/C17H20N2O3S/c1-3-13(2)18-17(20)14-8-7-9-15(12-14)19-23(21,22)16-10-5-4-6-11-16/h4-13,19H,3H2,1-2H3,(H,18,20)/t13-/m1/s1. The van der Waals surface area contributed by atoms with E-state index in [1.54, 1.807) is 36.4 Å². The van der Waals surface area contributed by atoms with Gasteiger partial charge in [-0.1, -0.05) is 31.2 Å². The minimum Gasteiger partial charge on any atom is -0.350 e. The average molecular weight is 332 g/mol. The molecule has 0 radical (unpaired) electrons. The molecule has 2 N–H and O–H groups in total. The molecule has 0 aliphatic carbocycles. The third kappa shape index (κ3) is 4.56. The maximum atomic E-state index is 12.3. The maximum Gasteiger partial charge on any atom is 0.261 e. The van der Waals surface area contributed by atoms with Crippen molar-refractivity contribution in [2.75, 3.05) is 4.72 Å². The van der Waals surface area contributed by atoms with E-state index in [-0.39, 0.29) is 16.8 Å². The summed E-state index contributed by atoms with van der Waals surface area (Å²) < 4.78 is 27.1. The molecule has 0 aliphatic rings. The van der Waals surface area contributed by atoms with Crippen LogP contribution in [-0.2, 0) is 10.0 Å². The van der Waals surface area contributed by atoms with E-state index in [2.05, 4.69) is 10.0 Å². The smallest absolute Gasteiger partial charge is 0.261 e. The van der Waals surface area contributed by atoms with Crippen LogP contribution in [0.15, 0.2) is 59.5 Å². The van der Waals surface area contributed by atoms with Gasteiger partial charge in [0.25, 0.3) is 15.9 Å². The van der Waals surface area contributed by atoms with Crippen molar-refractivity contribution in [3.05, 3.63) is 60.2 Å². The van der Waals surface area contributed by atoms with E-state index >= 15 is 0 Å². The van der Waals surface area contributed by atoms with E-state index < -0.39 is 10.0 Å². The third-order valence-electron chi connectivity index (χ3n) is 3.42. The molecule has 0 unspecified atom stereocenters. The molecule has 5 nitrogen and oxygen atoms in total. The predicted molar refractivity (Wildman–Crippen MR) is 90.9 cm³/mol. The summed E-state index contributed by atoms with van der Waals surface area (Å²) >= 11 is 0. The number of hydrogen-bond acceptors (Lipinski definition) is 3. The van der Waals surface area contributed by atoms with Gasteiger partial charge in [-0.15, -0.1) is 0 Å². The van der Waals surface area contributed by atoms with Crippen molar-refractivity contribution in [2.45, 2.75) is 31.2 Å². The molecule has 1 amide bonds. The first-order valence-corrected chi connectivity index (χ1v) is 8.89. The molecule has 0 aliphatic heterocycles. The lowest BCUT2D eigenvalue weighted by Crippen LogP contribution is -2.31. The zero-order chi connectivity index (χ0) is 16.9. The second kappa shape index (κ2) is 7.28. The van der Waals surface area contributed by atoms with Gasteiger partial charge in [-0.05, 0) is 43.7 Å². The van der Waals surface area contributed by atoms with Crippen molar-refractivity contribution in [1.82, 2.24) is 5.32 Å². The Labute approximate surface area is 136 Å². The summed E-state index contributed by atoms with van der Waals surface area (Å²) in [5, 5.41) is 2.85. The Morgan fingerprint density at radius 3 is 2.43 bits per heavy atom. The molecule has 2 aromatic carbocycles. The van der Waals surface area contributed by atoms with Crippen LogP contribution in [0.1, 0.15) is 30.6 Å². The molecule has 0 bridgehead atoms. The molecule has 0 aromatic heterocycles. The minimum absolute atomic E-state index is 0.0622. The van der Waals surface area contributed by atoms with Gasteiger partial charge < -0.3 is 5.32 Å². The quantitative estimate of drug-likeness (QED) is 0.854. The fraction of sp³-hybridized carbons (Fsp3) is 0.235. The van der Waals surface area contributed by atoms with Gasteiger partial charge in [0.2, 0.25) is 0 Å². The van der Waals surface area contributed by atoms with Gasteiger partial charge in [0.05, 0.1) is 4.90 Å². The highest BCUT2D eigenvalue weighted by Crippen LogP contribution is 2.17. The van der Waals surface area contributed by atoms with Crippen molar-refractivity contribution in [3.8, 4) is 0 Å². The first kappa shape index (κ1) is 17.0. The van der Waals surface area contributed by atoms with Gasteiger partial charge in [-0.3, -0.25) is 9.52 Å². The maximum absolute atomic E-state index is 12.3. The van der Waals surface area contributed by atoms with Crippen LogP contribution >= 0.6 is 0 Å². The van der Waals surface area contributed by atoms with Crippen LogP contribution in [0.3, 0.4) is 0 Å². The number of carbonyl (C=O) groups excluding carboxylic acids is 1. The minimum atomic E-state index is -3.67. The molecule has 2 rings (SSSR count). The number of rotatable bonds is 6. The topological polar surface area (TPSA) is 75.3 Å². The molecule has 0 saturated carbocycles. The van der Waals surface area contributed by atoms with Crippen molar-refractivity contribution < 1.29 is 13.2 Å². The average Bonchev–Trinajstić information content (AvgIpc) is 2.55. The molecule has 23 heavy (non-hydrogen) atoms. The molecule has 2 aromatic rings. The van der Waals surface area contributed by atoms with Gasteiger partial charge in [-0.25, -0.2) is 8.42 Å². The molecule has 1 atom stereocenters. The summed E-state index contributed by atoms with van der Waals surface area (Å²) in [5.41, 5.74) is 0.768. The van der Waals surface area contributed by atoms with Gasteiger partial charge in [0.15, 0.2) is 0 Å². The van der Waals surface area contributed by atoms with Crippen molar-refractivity contribution in [2.24, 2.45) is 0 Å². The Hall–Kier alpha value is -2.34. The van der Waals surface area contributed by atoms with Crippen LogP contribution in [0.4, 0.5) is 5.69 Å². The number of benzene rings is 2. The van der Waals surface area contributed by atoms with Gasteiger partial charge >= 0.3 is 0 Å². The molecular formula is C17H20N2O3S. The summed E-state index contributed by atoms with van der Waals surface area (Å²) in [6.45, 7) is 3.90. The predicted octanol–water partition coefficient (Wildman–Crippen LogP) is 3.02. The second-order valence-electron chi connectivity index (χ2n) is 5.28. The van der Waals surface area contributed by atoms with Crippen LogP contribution in [0.2, 0.25) is 0 Å². The number of anilines is 1. The molecule has 0 spiro atoms. The van der Waals surface area contributed by atoms with Gasteiger partial charge in [-0.2, -0.15) is 0 Å². The van der Waals surface area contributed by atoms with Crippen LogP contribution < -0.4 is 10.0 Å². The van der Waals surface area contributed by atoms with Crippen LogP contribution in [0.25, 0.3) is 0 Å². The Bertz CT molecular complexity index is 773. The summed E-state index contributed by atoms with van der Waals surface area (Å²) in [6, 6.07) is 14.6. The Kier molecular flexibility index (Phi) is 5.39. The highest BCUT2D eigenvalue weighted by atomic mass is 32.2. The number of hydrogen-bond donors (Lipinski definition) is 2. The summed E-state index contributed by atoms with van der Waals surface area (Å²) in [4.78, 5) is 12.3. The highest BCUT2D eigenvalue weighted by molar-refractivity contribution is 7.92. The molecular weight excluding hydrogens is 312 g/mol. The zero-order valence-electron chi connectivity index (χ0n) is 13.1. The monoisotopic (exact) mass is 332 g/mol. The van der Waals surface area contributed by atoms with E-state index in [0.29, 0.717) is 11.3 Å². The number of nitrogens with one attached hydrogen (secondary N) is 2. The van der Waals surface area contributed by atoms with Gasteiger partial charge in [0, 0.05) is 17.3 Å². The lowest BCUT2D eigenvalue weighted by molar-refractivity contribution is 0.0939. The van der Waals surface area contributed by atoms with Crippen LogP contribution in [0.5, 0.6) is 0 Å². The van der Waals surface area contributed by atoms with Gasteiger partial charge in [0.1, 0.15) is 0 Å². The molecule has 6 heteroatoms. The zero-order valence-corrected chi connectivity index (χ0v) is 13.9. The SMILES string of the molecule is CC[C@@H](C)NC(=O)c1cccc(NS(=O)(=O)c2ccccc2)c1. The van der Waals surface area contributed by atoms with E-state index in [0.717, 1.165) is 6.42 Å². The third-order valence-corrected chi connectivity index (χ3v) is 4.82. The van der Waals surface area contributed by atoms with Crippen LogP contribution in [-0.4, -0.2) is 20.4 Å². The first-order chi connectivity index (χ1) is 10.9. The Morgan fingerprint density at radius 2 is 1.78 bits per heavy atom. The van der Waals surface area contributed by atoms with E-state index in [1.165, 1.54) is 18.2 Å². The second-order valence-corrected chi connectivity index (χ2v) is 6.96. The molecule has 0 fully saturated rings. The van der Waals surface area contributed by atoms with Crippen molar-refractivity contribution >= 4 is 21.6 Å². The fourth-order valence-corrected chi connectivity index (χ4v) is 3.02. The first-order valence-electron chi connectivity index (χ1n) is 7.41. The number of carbonyl (C=O) groups is 1. The molecule has 0 heterocycles. The summed E-state index contributed by atoms with van der Waals surface area (Å²) in [7, 11) is -3.67. The lowest BCUT2D eigenvalue weighted by atomic mass is 10.1. The lowest BCUT2D eigenvalue weighted by Gasteiger charge is -2.13. The van der Waals surface area contributed by atoms with E-state index in [4.69, 9.17) is 0 Å². The fourth-order valence-electron chi connectivity index (χ4n) is 1.95. The van der Waals surface area contributed by atoms with Crippen LogP contribution in [0, 0.1) is 0 Å². The highest BCUT2D eigenvalue weighted by Gasteiger charge is 2.15. The summed E-state index contributed by atoms with van der Waals surface area (Å²) in [5.74, 6) is -0.222. The normalized spacial score (nSPS) is 12.4. The van der Waals surface area contributed by atoms with Crippen molar-refractivity contribution in [3.63, 3.8) is 0 Å². The number of sulfonamides is 1.